The minimum Gasteiger partial charge on any atom is -0.493 e. The number of fused-ring (bicyclic) bond motifs is 1. The van der Waals surface area contributed by atoms with Crippen LogP contribution in [0, 0.1) is 6.92 Å². The molecule has 0 bridgehead atoms. The van der Waals surface area contributed by atoms with E-state index >= 15 is 0 Å². The molecule has 1 aromatic carbocycles. The SMILES string of the molecule is Cc1c(-c2ncc[nH]2)oc2cccc(OCCCNCc3cccnc3)c12. The Morgan fingerprint density at radius 1 is 1.19 bits per heavy atom. The maximum Gasteiger partial charge on any atom is 0.173 e. The highest BCUT2D eigenvalue weighted by Gasteiger charge is 2.17. The van der Waals surface area contributed by atoms with Gasteiger partial charge >= 0.3 is 0 Å². The van der Waals surface area contributed by atoms with E-state index in [4.69, 9.17) is 9.15 Å². The summed E-state index contributed by atoms with van der Waals surface area (Å²) >= 11 is 0. The highest BCUT2D eigenvalue weighted by molar-refractivity contribution is 5.91. The number of benzene rings is 1. The van der Waals surface area contributed by atoms with Gasteiger partial charge in [0.1, 0.15) is 11.3 Å². The third kappa shape index (κ3) is 3.85. The van der Waals surface area contributed by atoms with E-state index in [1.165, 1.54) is 5.56 Å². The number of nitrogens with zero attached hydrogens (tertiary/aromatic N) is 2. The van der Waals surface area contributed by atoms with Crippen molar-refractivity contribution in [3.8, 4) is 17.3 Å². The van der Waals surface area contributed by atoms with Crippen LogP contribution in [0.25, 0.3) is 22.6 Å². The molecule has 27 heavy (non-hydrogen) atoms. The third-order valence-corrected chi connectivity index (χ3v) is 4.44. The largest absolute Gasteiger partial charge is 0.493 e. The number of nitrogens with one attached hydrogen (secondary N) is 2. The lowest BCUT2D eigenvalue weighted by Crippen LogP contribution is -2.17. The standard InChI is InChI=1S/C21H22N4O2/c1-15-19-17(26-12-4-9-23-14-16-5-3-8-22-13-16)6-2-7-18(19)27-20(15)21-24-10-11-25-21/h2-3,5-8,10-11,13,23H,4,9,12,14H2,1H3,(H,24,25). The molecule has 0 aliphatic carbocycles. The van der Waals surface area contributed by atoms with E-state index in [0.29, 0.717) is 6.61 Å². The maximum absolute atomic E-state index is 6.04. The fourth-order valence-electron chi connectivity index (χ4n) is 3.12. The second-order valence-corrected chi connectivity index (χ2v) is 6.36. The number of ether oxygens (including phenoxy) is 1. The minimum atomic E-state index is 0.639. The molecule has 4 rings (SSSR count). The number of pyridine rings is 1. The van der Waals surface area contributed by atoms with Gasteiger partial charge < -0.3 is 19.5 Å². The van der Waals surface area contributed by atoms with Gasteiger partial charge in [0, 0.05) is 36.9 Å². The molecule has 0 saturated heterocycles. The summed E-state index contributed by atoms with van der Waals surface area (Å²) < 4.78 is 12.0. The van der Waals surface area contributed by atoms with Crippen molar-refractivity contribution in [2.45, 2.75) is 19.9 Å². The monoisotopic (exact) mass is 362 g/mol. The summed E-state index contributed by atoms with van der Waals surface area (Å²) in [4.78, 5) is 11.5. The van der Waals surface area contributed by atoms with E-state index in [-0.39, 0.29) is 0 Å². The van der Waals surface area contributed by atoms with Crippen molar-refractivity contribution in [1.29, 1.82) is 0 Å². The summed E-state index contributed by atoms with van der Waals surface area (Å²) in [6, 6.07) is 9.91. The summed E-state index contributed by atoms with van der Waals surface area (Å²) in [7, 11) is 0. The Bertz CT molecular complexity index is 994. The predicted octanol–water partition coefficient (Wildman–Crippen LogP) is 4.09. The quantitative estimate of drug-likeness (QED) is 0.462. The van der Waals surface area contributed by atoms with Gasteiger partial charge in [-0.3, -0.25) is 4.98 Å². The Morgan fingerprint density at radius 2 is 2.15 bits per heavy atom. The van der Waals surface area contributed by atoms with Gasteiger partial charge in [-0.25, -0.2) is 4.98 Å². The van der Waals surface area contributed by atoms with Gasteiger partial charge in [0.2, 0.25) is 0 Å². The van der Waals surface area contributed by atoms with Crippen molar-refractivity contribution in [3.05, 3.63) is 66.2 Å². The van der Waals surface area contributed by atoms with Crippen LogP contribution >= 0.6 is 0 Å². The zero-order valence-electron chi connectivity index (χ0n) is 15.2. The van der Waals surface area contributed by atoms with Crippen molar-refractivity contribution >= 4 is 11.0 Å². The Morgan fingerprint density at radius 3 is 2.96 bits per heavy atom. The first-order chi connectivity index (χ1) is 13.3. The second kappa shape index (κ2) is 8.05. The van der Waals surface area contributed by atoms with Crippen molar-refractivity contribution in [2.75, 3.05) is 13.2 Å². The molecular weight excluding hydrogens is 340 g/mol. The average Bonchev–Trinajstić information content (AvgIpc) is 3.34. The molecule has 0 aliphatic rings. The van der Waals surface area contributed by atoms with Gasteiger partial charge in [0.25, 0.3) is 0 Å². The molecule has 0 unspecified atom stereocenters. The van der Waals surface area contributed by atoms with Crippen molar-refractivity contribution < 1.29 is 9.15 Å². The molecular formula is C21H22N4O2. The molecule has 0 radical (unpaired) electrons. The summed E-state index contributed by atoms with van der Waals surface area (Å²) in [6.45, 7) is 4.37. The number of aromatic amines is 1. The predicted molar refractivity (Wildman–Crippen MR) is 105 cm³/mol. The van der Waals surface area contributed by atoms with Crippen LogP contribution in [-0.4, -0.2) is 28.1 Å². The molecule has 0 aliphatic heterocycles. The molecule has 3 aromatic heterocycles. The Hall–Kier alpha value is -3.12. The van der Waals surface area contributed by atoms with Crippen molar-refractivity contribution in [2.24, 2.45) is 0 Å². The summed E-state index contributed by atoms with van der Waals surface area (Å²) in [5.74, 6) is 2.33. The lowest BCUT2D eigenvalue weighted by Gasteiger charge is -2.08. The van der Waals surface area contributed by atoms with E-state index in [1.807, 2.05) is 37.4 Å². The lowest BCUT2D eigenvalue weighted by atomic mass is 10.1. The number of aromatic nitrogens is 3. The van der Waals surface area contributed by atoms with Crippen LogP contribution < -0.4 is 10.1 Å². The second-order valence-electron chi connectivity index (χ2n) is 6.36. The van der Waals surface area contributed by atoms with Crippen LogP contribution in [0.1, 0.15) is 17.5 Å². The van der Waals surface area contributed by atoms with Crippen LogP contribution in [0.5, 0.6) is 5.75 Å². The molecule has 0 atom stereocenters. The van der Waals surface area contributed by atoms with Crippen LogP contribution in [0.4, 0.5) is 0 Å². The van der Waals surface area contributed by atoms with Gasteiger partial charge in [0.15, 0.2) is 11.6 Å². The number of hydrogen-bond acceptors (Lipinski definition) is 5. The molecule has 4 aromatic rings. The van der Waals surface area contributed by atoms with Gasteiger partial charge in [-0.05, 0) is 43.7 Å². The van der Waals surface area contributed by atoms with Crippen LogP contribution in [0.15, 0.2) is 59.5 Å². The number of H-pyrrole nitrogens is 1. The molecule has 2 N–H and O–H groups in total. The molecule has 6 heteroatoms. The molecule has 6 nitrogen and oxygen atoms in total. The van der Waals surface area contributed by atoms with Crippen molar-refractivity contribution in [1.82, 2.24) is 20.3 Å². The Balaban J connectivity index is 1.36. The summed E-state index contributed by atoms with van der Waals surface area (Å²) in [5.41, 5.74) is 3.03. The number of imidazole rings is 1. The topological polar surface area (TPSA) is 76.0 Å². The highest BCUT2D eigenvalue weighted by Crippen LogP contribution is 2.36. The van der Waals surface area contributed by atoms with Gasteiger partial charge in [-0.15, -0.1) is 0 Å². The maximum atomic E-state index is 6.04. The molecule has 0 amide bonds. The summed E-state index contributed by atoms with van der Waals surface area (Å²) in [6.07, 6.45) is 8.09. The van der Waals surface area contributed by atoms with E-state index in [2.05, 4.69) is 26.3 Å². The van der Waals surface area contributed by atoms with E-state index in [1.54, 1.807) is 18.6 Å². The van der Waals surface area contributed by atoms with Crippen LogP contribution in [0.3, 0.4) is 0 Å². The molecule has 3 heterocycles. The smallest absolute Gasteiger partial charge is 0.173 e. The van der Waals surface area contributed by atoms with Crippen molar-refractivity contribution in [3.63, 3.8) is 0 Å². The lowest BCUT2D eigenvalue weighted by molar-refractivity contribution is 0.311. The highest BCUT2D eigenvalue weighted by atomic mass is 16.5. The normalized spacial score (nSPS) is 11.1. The Labute approximate surface area is 157 Å². The fourth-order valence-corrected chi connectivity index (χ4v) is 3.12. The Kier molecular flexibility index (Phi) is 5.16. The molecule has 0 fully saturated rings. The zero-order valence-corrected chi connectivity index (χ0v) is 15.2. The van der Waals surface area contributed by atoms with Gasteiger partial charge in [-0.1, -0.05) is 12.1 Å². The van der Waals surface area contributed by atoms with E-state index in [0.717, 1.165) is 53.4 Å². The molecule has 138 valence electrons. The molecule has 0 spiro atoms. The number of rotatable bonds is 8. The fraction of sp³-hybridized carbons (Fsp3) is 0.238. The van der Waals surface area contributed by atoms with E-state index < -0.39 is 0 Å². The number of furan rings is 1. The zero-order chi connectivity index (χ0) is 18.5. The van der Waals surface area contributed by atoms with E-state index in [9.17, 15) is 0 Å². The third-order valence-electron chi connectivity index (χ3n) is 4.44. The minimum absolute atomic E-state index is 0.639. The first-order valence-electron chi connectivity index (χ1n) is 9.07. The first kappa shape index (κ1) is 17.3. The summed E-state index contributed by atoms with van der Waals surface area (Å²) in [5, 5.41) is 4.41. The first-order valence-corrected chi connectivity index (χ1v) is 9.07. The van der Waals surface area contributed by atoms with Gasteiger partial charge in [-0.2, -0.15) is 0 Å². The van der Waals surface area contributed by atoms with Crippen LogP contribution in [-0.2, 0) is 6.54 Å². The van der Waals surface area contributed by atoms with Gasteiger partial charge in [0.05, 0.1) is 12.0 Å². The van der Waals surface area contributed by atoms with Crippen LogP contribution in [0.2, 0.25) is 0 Å². The number of aryl methyl sites for hydroxylation is 1. The molecule has 0 saturated carbocycles. The average molecular weight is 362 g/mol. The number of hydrogen-bond donors (Lipinski definition) is 2.